The van der Waals surface area contributed by atoms with E-state index in [1.807, 2.05) is 30.5 Å². The maximum atomic E-state index is 4.51. The highest BCUT2D eigenvalue weighted by molar-refractivity contribution is 7.98. The summed E-state index contributed by atoms with van der Waals surface area (Å²) in [5, 5.41) is 9.90. The number of pyridine rings is 1. The van der Waals surface area contributed by atoms with Crippen LogP contribution < -0.4 is 0 Å². The van der Waals surface area contributed by atoms with Crippen molar-refractivity contribution in [1.82, 2.24) is 19.7 Å². The summed E-state index contributed by atoms with van der Waals surface area (Å²) in [5.74, 6) is 1.70. The van der Waals surface area contributed by atoms with Crippen molar-refractivity contribution in [2.45, 2.75) is 24.3 Å². The second kappa shape index (κ2) is 8.18. The van der Waals surface area contributed by atoms with E-state index in [9.17, 15) is 0 Å². The van der Waals surface area contributed by atoms with Crippen LogP contribution in [-0.4, -0.2) is 19.7 Å². The molecule has 0 aliphatic carbocycles. The number of thioether (sulfide) groups is 1. The predicted octanol–water partition coefficient (Wildman–Crippen LogP) is 4.85. The maximum Gasteiger partial charge on any atom is 0.196 e. The summed E-state index contributed by atoms with van der Waals surface area (Å²) < 4.78 is 2.18. The number of para-hydroxylation sites is 1. The molecule has 2 heterocycles. The number of nitrogens with zero attached hydrogens (tertiary/aromatic N) is 4. The van der Waals surface area contributed by atoms with Crippen molar-refractivity contribution in [3.05, 3.63) is 102 Å². The Hall–Kier alpha value is -2.92. The fourth-order valence-electron chi connectivity index (χ4n) is 2.96. The van der Waals surface area contributed by atoms with Crippen molar-refractivity contribution in [3.63, 3.8) is 0 Å². The third kappa shape index (κ3) is 4.09. The summed E-state index contributed by atoms with van der Waals surface area (Å²) in [6.07, 6.45) is 2.56. The summed E-state index contributed by atoms with van der Waals surface area (Å²) in [5.41, 5.74) is 4.58. The van der Waals surface area contributed by atoms with E-state index in [1.54, 1.807) is 11.8 Å². The Balaban J connectivity index is 1.69. The van der Waals surface area contributed by atoms with E-state index in [4.69, 9.17) is 0 Å². The van der Waals surface area contributed by atoms with Gasteiger partial charge in [-0.15, -0.1) is 10.2 Å². The molecule has 5 heteroatoms. The maximum absolute atomic E-state index is 4.51. The molecule has 0 bridgehead atoms. The topological polar surface area (TPSA) is 43.6 Å². The summed E-state index contributed by atoms with van der Waals surface area (Å²) in [6.45, 7) is 2.12. The van der Waals surface area contributed by atoms with Gasteiger partial charge in [-0.05, 0) is 36.2 Å². The minimum absolute atomic E-state index is 0.742. The standard InChI is InChI=1S/C22H20N4S/c1-17-9-5-6-13-20(17)26-21(15-18-10-3-2-4-11-18)24-25-22(26)27-16-19-12-7-8-14-23-19/h2-14H,15-16H2,1H3. The molecule has 0 aliphatic heterocycles. The Kier molecular flexibility index (Phi) is 5.30. The first-order valence-electron chi connectivity index (χ1n) is 8.88. The highest BCUT2D eigenvalue weighted by Crippen LogP contribution is 2.27. The summed E-state index contributed by atoms with van der Waals surface area (Å²) in [6, 6.07) is 24.7. The molecule has 2 aromatic carbocycles. The van der Waals surface area contributed by atoms with Crippen LogP contribution in [0.2, 0.25) is 0 Å². The summed E-state index contributed by atoms with van der Waals surface area (Å²) >= 11 is 1.66. The minimum atomic E-state index is 0.742. The van der Waals surface area contributed by atoms with Crippen LogP contribution >= 0.6 is 11.8 Å². The van der Waals surface area contributed by atoms with Crippen LogP contribution in [0.15, 0.2) is 84.1 Å². The van der Waals surface area contributed by atoms with Crippen LogP contribution in [-0.2, 0) is 12.2 Å². The average Bonchev–Trinajstić information content (AvgIpc) is 3.10. The van der Waals surface area contributed by atoms with Gasteiger partial charge >= 0.3 is 0 Å². The lowest BCUT2D eigenvalue weighted by Gasteiger charge is -2.13. The SMILES string of the molecule is Cc1ccccc1-n1c(Cc2ccccc2)nnc1SCc1ccccn1. The van der Waals surface area contributed by atoms with Gasteiger partial charge in [-0.25, -0.2) is 0 Å². The van der Waals surface area contributed by atoms with Gasteiger partial charge in [0.25, 0.3) is 0 Å². The molecule has 0 atom stereocenters. The molecule has 27 heavy (non-hydrogen) atoms. The van der Waals surface area contributed by atoms with Crippen LogP contribution in [0, 0.1) is 6.92 Å². The first-order valence-corrected chi connectivity index (χ1v) is 9.87. The molecule has 134 valence electrons. The number of hydrogen-bond acceptors (Lipinski definition) is 4. The molecule has 0 aliphatic rings. The van der Waals surface area contributed by atoms with Crippen LogP contribution in [0.1, 0.15) is 22.6 Å². The highest BCUT2D eigenvalue weighted by atomic mass is 32.2. The Labute approximate surface area is 163 Å². The first kappa shape index (κ1) is 17.5. The second-order valence-electron chi connectivity index (χ2n) is 6.29. The van der Waals surface area contributed by atoms with Crippen LogP contribution in [0.4, 0.5) is 0 Å². The van der Waals surface area contributed by atoms with Crippen molar-refractivity contribution in [3.8, 4) is 5.69 Å². The van der Waals surface area contributed by atoms with Crippen molar-refractivity contribution < 1.29 is 0 Å². The smallest absolute Gasteiger partial charge is 0.196 e. The van der Waals surface area contributed by atoms with Gasteiger partial charge in [0.15, 0.2) is 5.16 Å². The molecule has 4 aromatic rings. The van der Waals surface area contributed by atoms with E-state index in [1.165, 1.54) is 11.1 Å². The fraction of sp³-hybridized carbons (Fsp3) is 0.136. The van der Waals surface area contributed by atoms with E-state index in [2.05, 4.69) is 75.2 Å². The molecule has 0 N–H and O–H groups in total. The number of aromatic nitrogens is 4. The molecule has 0 saturated carbocycles. The lowest BCUT2D eigenvalue weighted by atomic mass is 10.1. The van der Waals surface area contributed by atoms with E-state index in [0.717, 1.165) is 34.5 Å². The largest absolute Gasteiger partial charge is 0.273 e. The van der Waals surface area contributed by atoms with Crippen molar-refractivity contribution >= 4 is 11.8 Å². The average molecular weight is 372 g/mol. The van der Waals surface area contributed by atoms with Crippen LogP contribution in [0.25, 0.3) is 5.69 Å². The molecule has 2 aromatic heterocycles. The zero-order chi connectivity index (χ0) is 18.5. The molecule has 0 spiro atoms. The van der Waals surface area contributed by atoms with Gasteiger partial charge in [0.1, 0.15) is 5.82 Å². The fourth-order valence-corrected chi connectivity index (χ4v) is 3.84. The molecule has 0 radical (unpaired) electrons. The van der Waals surface area contributed by atoms with E-state index in [0.29, 0.717) is 0 Å². The number of aryl methyl sites for hydroxylation is 1. The van der Waals surface area contributed by atoms with Crippen LogP contribution in [0.3, 0.4) is 0 Å². The van der Waals surface area contributed by atoms with E-state index in [-0.39, 0.29) is 0 Å². The molecule has 0 unspecified atom stereocenters. The van der Waals surface area contributed by atoms with Crippen molar-refractivity contribution in [2.75, 3.05) is 0 Å². The minimum Gasteiger partial charge on any atom is -0.273 e. The second-order valence-corrected chi connectivity index (χ2v) is 7.24. The first-order chi connectivity index (χ1) is 13.3. The molecular weight excluding hydrogens is 352 g/mol. The predicted molar refractivity (Wildman–Crippen MR) is 109 cm³/mol. The Bertz CT molecular complexity index is 1010. The Morgan fingerprint density at radius 3 is 2.41 bits per heavy atom. The molecular formula is C22H20N4S. The third-order valence-corrected chi connectivity index (χ3v) is 5.30. The van der Waals surface area contributed by atoms with Gasteiger partial charge in [-0.1, -0.05) is 66.4 Å². The normalized spacial score (nSPS) is 10.9. The molecule has 4 rings (SSSR count). The lowest BCUT2D eigenvalue weighted by Crippen LogP contribution is -2.05. The molecule has 0 saturated heterocycles. The monoisotopic (exact) mass is 372 g/mol. The number of rotatable bonds is 6. The lowest BCUT2D eigenvalue weighted by molar-refractivity contribution is 0.841. The van der Waals surface area contributed by atoms with Gasteiger partial charge in [0, 0.05) is 18.4 Å². The zero-order valence-corrected chi connectivity index (χ0v) is 15.9. The number of benzene rings is 2. The van der Waals surface area contributed by atoms with Gasteiger partial charge in [0.05, 0.1) is 11.4 Å². The summed E-state index contributed by atoms with van der Waals surface area (Å²) in [4.78, 5) is 4.41. The van der Waals surface area contributed by atoms with Crippen molar-refractivity contribution in [1.29, 1.82) is 0 Å². The van der Waals surface area contributed by atoms with Gasteiger partial charge in [-0.2, -0.15) is 0 Å². The molecule has 0 amide bonds. The van der Waals surface area contributed by atoms with Gasteiger partial charge < -0.3 is 0 Å². The van der Waals surface area contributed by atoms with Crippen molar-refractivity contribution in [2.24, 2.45) is 0 Å². The zero-order valence-electron chi connectivity index (χ0n) is 15.1. The molecule has 0 fully saturated rings. The Morgan fingerprint density at radius 1 is 0.852 bits per heavy atom. The summed E-state index contributed by atoms with van der Waals surface area (Å²) in [7, 11) is 0. The van der Waals surface area contributed by atoms with Gasteiger partial charge in [-0.3, -0.25) is 9.55 Å². The Morgan fingerprint density at radius 2 is 1.63 bits per heavy atom. The van der Waals surface area contributed by atoms with E-state index >= 15 is 0 Å². The van der Waals surface area contributed by atoms with Crippen LogP contribution in [0.5, 0.6) is 0 Å². The third-order valence-electron chi connectivity index (χ3n) is 4.34. The van der Waals surface area contributed by atoms with Gasteiger partial charge in [0.2, 0.25) is 0 Å². The number of hydrogen-bond donors (Lipinski definition) is 0. The molecule has 4 nitrogen and oxygen atoms in total. The van der Waals surface area contributed by atoms with E-state index < -0.39 is 0 Å². The highest BCUT2D eigenvalue weighted by Gasteiger charge is 2.16. The quantitative estimate of drug-likeness (QED) is 0.454.